The molecule has 0 radical (unpaired) electrons. The van der Waals surface area contributed by atoms with Crippen molar-refractivity contribution in [1.82, 2.24) is 10.2 Å². The second-order valence-electron chi connectivity index (χ2n) is 4.98. The Morgan fingerprint density at radius 1 is 1.22 bits per heavy atom. The summed E-state index contributed by atoms with van der Waals surface area (Å²) in [6, 6.07) is 3.17. The summed E-state index contributed by atoms with van der Waals surface area (Å²) in [6.07, 6.45) is -5.35. The number of halogens is 6. The Bertz CT molecular complexity index is 482. The number of alkyl halides is 3. The second-order valence-corrected chi connectivity index (χ2v) is 4.98. The molecule has 0 aromatic heterocycles. The van der Waals surface area contributed by atoms with Crippen LogP contribution in [0.5, 0.6) is 5.75 Å². The predicted octanol–water partition coefficient (Wildman–Crippen LogP) is 3.58. The molecular formula is C14H20Cl2F4N2O. The van der Waals surface area contributed by atoms with E-state index in [1.54, 1.807) is 4.90 Å². The van der Waals surface area contributed by atoms with Crippen molar-refractivity contribution in [3.63, 3.8) is 0 Å². The number of para-hydroxylation sites is 1. The molecule has 134 valence electrons. The van der Waals surface area contributed by atoms with Crippen molar-refractivity contribution in [1.29, 1.82) is 0 Å². The van der Waals surface area contributed by atoms with Crippen LogP contribution in [-0.4, -0.2) is 44.4 Å². The molecule has 1 aromatic rings. The number of rotatable bonds is 4. The predicted molar refractivity (Wildman–Crippen MR) is 85.3 cm³/mol. The number of hydrogen-bond acceptors (Lipinski definition) is 3. The van der Waals surface area contributed by atoms with E-state index in [1.807, 2.05) is 0 Å². The molecule has 1 N–H and O–H groups in total. The first-order valence-corrected chi connectivity index (χ1v) is 6.76. The minimum Gasteiger partial charge on any atom is -0.493 e. The van der Waals surface area contributed by atoms with Crippen molar-refractivity contribution in [3.8, 4) is 5.75 Å². The molecule has 1 aromatic carbocycles. The Labute approximate surface area is 145 Å². The first kappa shape index (κ1) is 22.2. The fourth-order valence-corrected chi connectivity index (χ4v) is 2.65. The highest BCUT2D eigenvalue weighted by Gasteiger charge is 2.37. The molecule has 1 fully saturated rings. The zero-order chi connectivity index (χ0) is 15.5. The van der Waals surface area contributed by atoms with E-state index in [9.17, 15) is 17.6 Å². The normalized spacial score (nSPS) is 16.9. The van der Waals surface area contributed by atoms with Crippen molar-refractivity contribution in [2.24, 2.45) is 0 Å². The van der Waals surface area contributed by atoms with Crippen molar-refractivity contribution < 1.29 is 22.3 Å². The fourth-order valence-electron chi connectivity index (χ4n) is 2.65. The number of nitrogens with zero attached hydrogens (tertiary/aromatic N) is 1. The largest absolute Gasteiger partial charge is 0.493 e. The SMILES string of the molecule is COc1c(F)cccc1[C@@H](CC(F)(F)F)N1CCNCC1.Cl.Cl. The van der Waals surface area contributed by atoms with Crippen LogP contribution in [0.15, 0.2) is 18.2 Å². The average Bonchev–Trinajstić information content (AvgIpc) is 2.44. The van der Waals surface area contributed by atoms with Crippen LogP contribution in [0.4, 0.5) is 17.6 Å². The molecule has 1 aliphatic heterocycles. The number of hydrogen-bond donors (Lipinski definition) is 1. The van der Waals surface area contributed by atoms with Crippen LogP contribution in [-0.2, 0) is 0 Å². The van der Waals surface area contributed by atoms with E-state index in [1.165, 1.54) is 25.3 Å². The lowest BCUT2D eigenvalue weighted by Gasteiger charge is -2.36. The van der Waals surface area contributed by atoms with Gasteiger partial charge in [-0.15, -0.1) is 24.8 Å². The van der Waals surface area contributed by atoms with Gasteiger partial charge in [-0.3, -0.25) is 4.90 Å². The maximum absolute atomic E-state index is 13.8. The molecule has 0 bridgehead atoms. The minimum atomic E-state index is -4.33. The highest BCUT2D eigenvalue weighted by molar-refractivity contribution is 5.85. The van der Waals surface area contributed by atoms with Crippen LogP contribution in [0.25, 0.3) is 0 Å². The molecule has 2 rings (SSSR count). The van der Waals surface area contributed by atoms with Gasteiger partial charge < -0.3 is 10.1 Å². The first-order valence-electron chi connectivity index (χ1n) is 6.76. The van der Waals surface area contributed by atoms with Crippen LogP contribution in [0.3, 0.4) is 0 Å². The van der Waals surface area contributed by atoms with Crippen LogP contribution in [0.1, 0.15) is 18.0 Å². The van der Waals surface area contributed by atoms with E-state index in [-0.39, 0.29) is 36.1 Å². The van der Waals surface area contributed by atoms with Crippen LogP contribution < -0.4 is 10.1 Å². The molecule has 0 saturated carbocycles. The average molecular weight is 379 g/mol. The summed E-state index contributed by atoms with van der Waals surface area (Å²) in [5.74, 6) is -0.748. The third-order valence-corrected chi connectivity index (χ3v) is 3.58. The number of ether oxygens (including phenoxy) is 1. The quantitative estimate of drug-likeness (QED) is 0.810. The maximum atomic E-state index is 13.8. The van der Waals surface area contributed by atoms with Crippen LogP contribution in [0, 0.1) is 5.82 Å². The topological polar surface area (TPSA) is 24.5 Å². The van der Waals surface area contributed by atoms with Crippen LogP contribution in [0.2, 0.25) is 0 Å². The number of nitrogens with one attached hydrogen (secondary N) is 1. The molecule has 0 amide bonds. The third-order valence-electron chi connectivity index (χ3n) is 3.58. The van der Waals surface area contributed by atoms with E-state index in [0.717, 1.165) is 0 Å². The van der Waals surface area contributed by atoms with E-state index in [2.05, 4.69) is 5.32 Å². The van der Waals surface area contributed by atoms with Gasteiger partial charge in [-0.05, 0) is 6.07 Å². The molecule has 0 aliphatic carbocycles. The Hall–Kier alpha value is -0.760. The molecule has 23 heavy (non-hydrogen) atoms. The second kappa shape index (κ2) is 9.52. The summed E-state index contributed by atoms with van der Waals surface area (Å²) in [7, 11) is 1.27. The zero-order valence-corrected chi connectivity index (χ0v) is 14.2. The Morgan fingerprint density at radius 3 is 2.35 bits per heavy atom. The lowest BCUT2D eigenvalue weighted by Crippen LogP contribution is -2.46. The van der Waals surface area contributed by atoms with Gasteiger partial charge in [0, 0.05) is 37.8 Å². The van der Waals surface area contributed by atoms with E-state index in [0.29, 0.717) is 26.2 Å². The maximum Gasteiger partial charge on any atom is 0.390 e. The Kier molecular flexibility index (Phi) is 9.20. The number of benzene rings is 1. The monoisotopic (exact) mass is 378 g/mol. The lowest BCUT2D eigenvalue weighted by atomic mass is 9.99. The van der Waals surface area contributed by atoms with E-state index < -0.39 is 24.5 Å². The molecule has 1 saturated heterocycles. The van der Waals surface area contributed by atoms with E-state index >= 15 is 0 Å². The summed E-state index contributed by atoms with van der Waals surface area (Å²) in [5.41, 5.74) is 0.247. The van der Waals surface area contributed by atoms with Gasteiger partial charge in [0.2, 0.25) is 0 Å². The number of methoxy groups -OCH3 is 1. The molecule has 0 spiro atoms. The molecule has 0 unspecified atom stereocenters. The van der Waals surface area contributed by atoms with Gasteiger partial charge >= 0.3 is 6.18 Å². The molecule has 9 heteroatoms. The Balaban J connectivity index is 0.00000242. The van der Waals surface area contributed by atoms with Gasteiger partial charge in [0.05, 0.1) is 13.5 Å². The van der Waals surface area contributed by atoms with Gasteiger partial charge in [0.15, 0.2) is 11.6 Å². The van der Waals surface area contributed by atoms with Gasteiger partial charge in [-0.1, -0.05) is 12.1 Å². The van der Waals surface area contributed by atoms with Crippen molar-refractivity contribution >= 4 is 24.8 Å². The fraction of sp³-hybridized carbons (Fsp3) is 0.571. The highest BCUT2D eigenvalue weighted by atomic mass is 35.5. The van der Waals surface area contributed by atoms with Gasteiger partial charge in [0.25, 0.3) is 0 Å². The summed E-state index contributed by atoms with van der Waals surface area (Å²) in [4.78, 5) is 1.72. The third kappa shape index (κ3) is 5.99. The Morgan fingerprint density at radius 2 is 1.83 bits per heavy atom. The molecule has 1 heterocycles. The zero-order valence-electron chi connectivity index (χ0n) is 12.5. The molecule has 1 aliphatic rings. The molecule has 1 atom stereocenters. The molecular weight excluding hydrogens is 359 g/mol. The minimum absolute atomic E-state index is 0. The van der Waals surface area contributed by atoms with Gasteiger partial charge in [-0.25, -0.2) is 4.39 Å². The van der Waals surface area contributed by atoms with Gasteiger partial charge in [-0.2, -0.15) is 13.2 Å². The number of piperazine rings is 1. The first-order chi connectivity index (χ1) is 9.92. The molecule has 3 nitrogen and oxygen atoms in total. The van der Waals surface area contributed by atoms with Crippen molar-refractivity contribution in [2.75, 3.05) is 33.3 Å². The van der Waals surface area contributed by atoms with E-state index in [4.69, 9.17) is 4.74 Å². The summed E-state index contributed by atoms with van der Waals surface area (Å²) in [5, 5.41) is 3.10. The van der Waals surface area contributed by atoms with Crippen LogP contribution >= 0.6 is 24.8 Å². The summed E-state index contributed by atoms with van der Waals surface area (Å²) < 4.78 is 57.5. The smallest absolute Gasteiger partial charge is 0.390 e. The van der Waals surface area contributed by atoms with Crippen molar-refractivity contribution in [3.05, 3.63) is 29.6 Å². The summed E-state index contributed by atoms with van der Waals surface area (Å²) in [6.45, 7) is 2.21. The van der Waals surface area contributed by atoms with Gasteiger partial charge in [0.1, 0.15) is 0 Å². The summed E-state index contributed by atoms with van der Waals surface area (Å²) >= 11 is 0. The highest BCUT2D eigenvalue weighted by Crippen LogP contribution is 2.38. The standard InChI is InChI=1S/C14H18F4N2O.2ClH/c1-21-13-10(3-2-4-11(13)15)12(9-14(16,17)18)20-7-5-19-6-8-20;;/h2-4,12,19H,5-9H2,1H3;2*1H/t12-;;/m1../s1. The lowest BCUT2D eigenvalue weighted by molar-refractivity contribution is -0.148. The van der Waals surface area contributed by atoms with Crippen molar-refractivity contribution in [2.45, 2.75) is 18.6 Å².